The molecule has 12 nitrogen and oxygen atoms in total. The van der Waals surface area contributed by atoms with Gasteiger partial charge in [-0.25, -0.2) is 29.9 Å². The van der Waals surface area contributed by atoms with Crippen LogP contribution in [0.1, 0.15) is 0 Å². The molecule has 0 radical (unpaired) electrons. The highest BCUT2D eigenvalue weighted by molar-refractivity contribution is 6.16. The fourth-order valence-corrected chi connectivity index (χ4v) is 18.9. The third-order valence-electron chi connectivity index (χ3n) is 25.5. The van der Waals surface area contributed by atoms with Crippen LogP contribution in [0.3, 0.4) is 0 Å². The van der Waals surface area contributed by atoms with E-state index in [0.717, 1.165) is 232 Å². The first-order valence-electron chi connectivity index (χ1n) is 44.1. The lowest BCUT2D eigenvalue weighted by Crippen LogP contribution is -1.91. The normalized spacial score (nSPS) is 11.6. The molecule has 15 aromatic carbocycles. The van der Waals surface area contributed by atoms with E-state index in [-0.39, 0.29) is 0 Å². The third kappa shape index (κ3) is 14.0. The van der Waals surface area contributed by atoms with Crippen LogP contribution in [0, 0.1) is 0 Å². The molecule has 612 valence electrons. The molecule has 132 heavy (non-hydrogen) atoms. The Morgan fingerprint density at radius 3 is 0.841 bits per heavy atom. The largest absolute Gasteiger partial charge is 0.254 e. The van der Waals surface area contributed by atoms with Crippen LogP contribution in [0.4, 0.5) is 0 Å². The van der Waals surface area contributed by atoms with Crippen LogP contribution in [-0.2, 0) is 0 Å². The Bertz CT molecular complexity index is 9410. The fraction of sp³-hybridized carbons (Fsp3) is 0. The minimum absolute atomic E-state index is 0.892. The molecule has 0 saturated carbocycles. The van der Waals surface area contributed by atoms with Gasteiger partial charge in [0.25, 0.3) is 0 Å². The molecule has 0 aliphatic carbocycles. The molecular weight excluding hydrogens is 1610 g/mol. The van der Waals surface area contributed by atoms with E-state index in [1.54, 1.807) is 0 Å². The summed E-state index contributed by atoms with van der Waals surface area (Å²) < 4.78 is 0. The van der Waals surface area contributed by atoms with Crippen LogP contribution in [-0.4, -0.2) is 59.8 Å². The smallest absolute Gasteiger partial charge is 0.0971 e. The monoisotopic (exact) mass is 1680 g/mol. The van der Waals surface area contributed by atoms with E-state index < -0.39 is 0 Å². The van der Waals surface area contributed by atoms with Gasteiger partial charge in [-0.2, -0.15) is 0 Å². The highest BCUT2D eigenvalue weighted by atomic mass is 14.8. The molecule has 0 saturated heterocycles. The number of pyridine rings is 12. The van der Waals surface area contributed by atoms with Gasteiger partial charge in [0.1, 0.15) is 0 Å². The molecule has 12 heteroatoms. The minimum Gasteiger partial charge on any atom is -0.254 e. The SMILES string of the molecule is c1ccc(-c2ccc3cc(-c4ccc5ccc(-c6cc7cccnc7c7ncccc67)nc5c4)ccc3n2)cc1.c1ccc2c(c1)cc(-c1ccc3cc(-c4ccc5ccc(-c6cc7cccnc7c7ncccc67)nc5c4)ccc3n1)c1ccccc12.c1ccc2cc(-c3ccc4cc(-c5ccc6ccc(-c7cc8cccnc8c8ncccc78)nc6c5)ccc4n3)ccc2c1. The maximum atomic E-state index is 5.18. The summed E-state index contributed by atoms with van der Waals surface area (Å²) in [6.45, 7) is 0. The summed E-state index contributed by atoms with van der Waals surface area (Å²) in [7, 11) is 0. The average Bonchev–Trinajstić information content (AvgIpc) is 0.764. The van der Waals surface area contributed by atoms with Crippen LogP contribution in [0.2, 0.25) is 0 Å². The second-order valence-electron chi connectivity index (χ2n) is 33.4. The molecule has 0 aliphatic rings. The summed E-state index contributed by atoms with van der Waals surface area (Å²) in [5.74, 6) is 0. The van der Waals surface area contributed by atoms with E-state index in [1.807, 2.05) is 91.8 Å². The zero-order chi connectivity index (χ0) is 87.1. The van der Waals surface area contributed by atoms with Gasteiger partial charge in [0.2, 0.25) is 0 Å². The number of fused-ring (bicyclic) bond motifs is 19. The van der Waals surface area contributed by atoms with E-state index in [0.29, 0.717) is 0 Å². The van der Waals surface area contributed by atoms with E-state index in [2.05, 4.69) is 376 Å². The second kappa shape index (κ2) is 32.1. The summed E-state index contributed by atoms with van der Waals surface area (Å²) in [4.78, 5) is 58.4. The van der Waals surface area contributed by atoms with Crippen molar-refractivity contribution >= 4 is 163 Å². The van der Waals surface area contributed by atoms with Crippen molar-refractivity contribution in [3.05, 3.63) is 438 Å². The van der Waals surface area contributed by atoms with Crippen molar-refractivity contribution in [3.8, 4) is 101 Å². The number of aromatic nitrogens is 12. The number of nitrogens with zero attached hydrogens (tertiary/aromatic N) is 12. The molecule has 0 N–H and O–H groups in total. The minimum atomic E-state index is 0.892. The number of hydrogen-bond acceptors (Lipinski definition) is 12. The fourth-order valence-electron chi connectivity index (χ4n) is 18.9. The van der Waals surface area contributed by atoms with Crippen molar-refractivity contribution in [2.45, 2.75) is 0 Å². The van der Waals surface area contributed by atoms with Crippen molar-refractivity contribution in [2.24, 2.45) is 0 Å². The van der Waals surface area contributed by atoms with Gasteiger partial charge in [0, 0.05) is 135 Å². The van der Waals surface area contributed by atoms with Crippen LogP contribution in [0.25, 0.3) is 264 Å². The summed E-state index contributed by atoms with van der Waals surface area (Å²) in [5, 5.41) is 20.3. The quantitative estimate of drug-likeness (QED) is 0.126. The van der Waals surface area contributed by atoms with Gasteiger partial charge in [-0.3, -0.25) is 29.9 Å². The average molecular weight is 1680 g/mol. The summed E-state index contributed by atoms with van der Waals surface area (Å²) in [6.07, 6.45) is 10.9. The van der Waals surface area contributed by atoms with Crippen LogP contribution < -0.4 is 0 Å². The zero-order valence-corrected chi connectivity index (χ0v) is 70.9. The first-order chi connectivity index (χ1) is 65.3. The molecule has 27 rings (SSSR count). The summed E-state index contributed by atoms with van der Waals surface area (Å²) >= 11 is 0. The standard InChI is InChI=1S/C44H26N4.C40H24N4.C36H22N4/c1-2-9-33-30(7-1)24-37(35-11-4-3-10-34(33)35)40-20-17-31-23-28(16-18-39(31)47-40)29-14-13-27-15-19-41(48-42(27)26-29)38-25-32-8-5-21-45-43(32)44-36(38)12-6-22-46-44;1-2-6-27-21-30(12-9-25(27)5-1)36-17-15-31-22-28(14-16-35(31)43-36)29-11-10-26-13-18-37(44-38(26)24-29)34-23-32-7-3-19-41-39(32)40-33(34)8-4-20-42-40;1-2-6-23(7-3-1)31-16-14-27-20-25(13-15-32(27)39-31)26-11-10-24-12-17-33(40-34(24)22-26)30-21-28-8-4-18-37-35(28)36-29(30)9-5-19-38-36/h1-26H;1-24H;1-22H. The summed E-state index contributed by atoms with van der Waals surface area (Å²) in [6, 6.07) is 140. The van der Waals surface area contributed by atoms with Gasteiger partial charge in [-0.05, 0) is 223 Å². The first kappa shape index (κ1) is 76.4. The van der Waals surface area contributed by atoms with Crippen LogP contribution in [0.15, 0.2) is 438 Å². The van der Waals surface area contributed by atoms with Gasteiger partial charge >= 0.3 is 0 Å². The Kier molecular flexibility index (Phi) is 18.6. The van der Waals surface area contributed by atoms with E-state index in [9.17, 15) is 0 Å². The van der Waals surface area contributed by atoms with Gasteiger partial charge in [0.05, 0.1) is 100 Å². The Morgan fingerprint density at radius 2 is 0.394 bits per heavy atom. The Morgan fingerprint density at radius 1 is 0.121 bits per heavy atom. The molecule has 12 aromatic heterocycles. The lowest BCUT2D eigenvalue weighted by atomic mass is 9.95. The Hall–Kier alpha value is -18.0. The molecule has 27 aromatic rings. The second-order valence-corrected chi connectivity index (χ2v) is 33.4. The zero-order valence-electron chi connectivity index (χ0n) is 70.9. The maximum Gasteiger partial charge on any atom is 0.0971 e. The first-order valence-corrected chi connectivity index (χ1v) is 44.1. The van der Waals surface area contributed by atoms with Crippen LogP contribution >= 0.6 is 0 Å². The molecular formula is C120H72N12. The molecule has 0 fully saturated rings. The van der Waals surface area contributed by atoms with Gasteiger partial charge in [-0.1, -0.05) is 243 Å². The van der Waals surface area contributed by atoms with E-state index >= 15 is 0 Å². The molecule has 12 heterocycles. The molecule has 0 unspecified atom stereocenters. The van der Waals surface area contributed by atoms with Crippen molar-refractivity contribution in [2.75, 3.05) is 0 Å². The molecule has 0 spiro atoms. The van der Waals surface area contributed by atoms with Crippen molar-refractivity contribution in [1.29, 1.82) is 0 Å². The van der Waals surface area contributed by atoms with Crippen molar-refractivity contribution in [1.82, 2.24) is 59.8 Å². The lowest BCUT2D eigenvalue weighted by molar-refractivity contribution is 1.36. The van der Waals surface area contributed by atoms with Gasteiger partial charge in [0.15, 0.2) is 0 Å². The van der Waals surface area contributed by atoms with Crippen molar-refractivity contribution < 1.29 is 0 Å². The van der Waals surface area contributed by atoms with Crippen molar-refractivity contribution in [3.63, 3.8) is 0 Å². The van der Waals surface area contributed by atoms with E-state index in [4.69, 9.17) is 29.9 Å². The van der Waals surface area contributed by atoms with Gasteiger partial charge < -0.3 is 0 Å². The van der Waals surface area contributed by atoms with Gasteiger partial charge in [-0.15, -0.1) is 0 Å². The van der Waals surface area contributed by atoms with Crippen LogP contribution in [0.5, 0.6) is 0 Å². The predicted octanol–water partition coefficient (Wildman–Crippen LogP) is 30.1. The predicted molar refractivity (Wildman–Crippen MR) is 544 cm³/mol. The Labute approximate surface area is 756 Å². The highest BCUT2D eigenvalue weighted by Gasteiger charge is 2.20. The highest BCUT2D eigenvalue weighted by Crippen LogP contribution is 2.42. The third-order valence-corrected chi connectivity index (χ3v) is 25.5. The molecule has 0 bridgehead atoms. The number of hydrogen-bond donors (Lipinski definition) is 0. The molecule has 0 amide bonds. The summed E-state index contributed by atoms with van der Waals surface area (Å²) in [5.41, 5.74) is 30.2. The number of benzene rings is 15. The lowest BCUT2D eigenvalue weighted by Gasteiger charge is -2.12. The molecule has 0 aliphatic heterocycles. The maximum absolute atomic E-state index is 5.18. The van der Waals surface area contributed by atoms with E-state index in [1.165, 1.54) is 32.3 Å². The molecule has 0 atom stereocenters. The Balaban J connectivity index is 0.000000107. The number of rotatable bonds is 9. The topological polar surface area (TPSA) is 155 Å².